The molecule has 0 aliphatic carbocycles. The van der Waals surface area contributed by atoms with E-state index in [9.17, 15) is 0 Å². The molecule has 0 amide bonds. The van der Waals surface area contributed by atoms with E-state index < -0.39 is 0 Å². The van der Waals surface area contributed by atoms with Crippen molar-refractivity contribution in [1.29, 1.82) is 0 Å². The quantitative estimate of drug-likeness (QED) is 0.841. The number of benzene rings is 1. The highest BCUT2D eigenvalue weighted by molar-refractivity contribution is 7.07. The van der Waals surface area contributed by atoms with Crippen molar-refractivity contribution >= 4 is 11.3 Å². The van der Waals surface area contributed by atoms with Gasteiger partial charge in [0.1, 0.15) is 0 Å². The van der Waals surface area contributed by atoms with Crippen molar-refractivity contribution in [2.45, 2.75) is 40.2 Å². The molecule has 0 spiro atoms. The van der Waals surface area contributed by atoms with Gasteiger partial charge in [-0.15, -0.1) is 0 Å². The summed E-state index contributed by atoms with van der Waals surface area (Å²) in [7, 11) is 0. The van der Waals surface area contributed by atoms with Crippen molar-refractivity contribution in [2.75, 3.05) is 6.54 Å². The summed E-state index contributed by atoms with van der Waals surface area (Å²) in [5, 5.41) is 8.06. The minimum Gasteiger partial charge on any atom is -0.310 e. The molecule has 19 heavy (non-hydrogen) atoms. The van der Waals surface area contributed by atoms with E-state index in [1.54, 1.807) is 11.3 Å². The van der Waals surface area contributed by atoms with Crippen molar-refractivity contribution in [3.8, 4) is 0 Å². The molecule has 0 fully saturated rings. The van der Waals surface area contributed by atoms with Gasteiger partial charge in [0, 0.05) is 6.04 Å². The lowest BCUT2D eigenvalue weighted by atomic mass is 9.91. The van der Waals surface area contributed by atoms with E-state index in [1.165, 1.54) is 27.8 Å². The predicted octanol–water partition coefficient (Wildman–Crippen LogP) is 4.57. The molecule has 2 rings (SSSR count). The van der Waals surface area contributed by atoms with Gasteiger partial charge in [0.05, 0.1) is 0 Å². The van der Waals surface area contributed by atoms with Crippen molar-refractivity contribution in [3.05, 3.63) is 56.8 Å². The fourth-order valence-electron chi connectivity index (χ4n) is 2.91. The fraction of sp³-hybridized carbons (Fsp3) is 0.412. The Morgan fingerprint density at radius 2 is 1.84 bits per heavy atom. The Morgan fingerprint density at radius 1 is 1.16 bits per heavy atom. The van der Waals surface area contributed by atoms with Crippen LogP contribution in [0.5, 0.6) is 0 Å². The first-order valence-corrected chi connectivity index (χ1v) is 7.88. The lowest BCUT2D eigenvalue weighted by Gasteiger charge is -2.23. The van der Waals surface area contributed by atoms with Crippen LogP contribution in [-0.4, -0.2) is 6.54 Å². The van der Waals surface area contributed by atoms with Crippen molar-refractivity contribution in [2.24, 2.45) is 0 Å². The third-order valence-electron chi connectivity index (χ3n) is 3.56. The molecular formula is C17H23NS. The summed E-state index contributed by atoms with van der Waals surface area (Å²) in [6, 6.07) is 7.23. The Kier molecular flexibility index (Phi) is 4.78. The van der Waals surface area contributed by atoms with Gasteiger partial charge >= 0.3 is 0 Å². The van der Waals surface area contributed by atoms with Crippen LogP contribution in [0.25, 0.3) is 0 Å². The second kappa shape index (κ2) is 6.36. The maximum absolute atomic E-state index is 3.64. The Labute approximate surface area is 120 Å². The molecule has 1 N–H and O–H groups in total. The summed E-state index contributed by atoms with van der Waals surface area (Å²) in [6.07, 6.45) is 1.07. The van der Waals surface area contributed by atoms with E-state index in [1.807, 2.05) is 0 Å². The van der Waals surface area contributed by atoms with Crippen LogP contribution < -0.4 is 5.32 Å². The molecule has 1 atom stereocenters. The van der Waals surface area contributed by atoms with E-state index in [2.05, 4.69) is 62.0 Å². The summed E-state index contributed by atoms with van der Waals surface area (Å²) in [5.74, 6) is 0. The van der Waals surface area contributed by atoms with Crippen molar-refractivity contribution in [3.63, 3.8) is 0 Å². The van der Waals surface area contributed by atoms with E-state index in [0.717, 1.165) is 13.0 Å². The summed E-state index contributed by atoms with van der Waals surface area (Å²) >= 11 is 1.78. The maximum Gasteiger partial charge on any atom is 0.0366 e. The monoisotopic (exact) mass is 273 g/mol. The van der Waals surface area contributed by atoms with Crippen LogP contribution in [0.4, 0.5) is 0 Å². The van der Waals surface area contributed by atoms with E-state index in [-0.39, 0.29) is 0 Å². The third-order valence-corrected chi connectivity index (χ3v) is 4.29. The molecule has 0 bridgehead atoms. The maximum atomic E-state index is 3.64. The molecule has 2 aromatic rings. The minimum absolute atomic E-state index is 0.417. The smallest absolute Gasteiger partial charge is 0.0366 e. The molecule has 0 saturated carbocycles. The Bertz CT molecular complexity index is 505. The SMILES string of the molecule is CCNC(Cc1ccsc1)c1c(C)cc(C)cc1C. The minimum atomic E-state index is 0.417. The molecular weight excluding hydrogens is 250 g/mol. The summed E-state index contributed by atoms with van der Waals surface area (Å²) in [5.41, 5.74) is 7.05. The molecule has 1 aromatic heterocycles. The van der Waals surface area contributed by atoms with E-state index >= 15 is 0 Å². The van der Waals surface area contributed by atoms with Gasteiger partial charge in [0.25, 0.3) is 0 Å². The summed E-state index contributed by atoms with van der Waals surface area (Å²) in [4.78, 5) is 0. The van der Waals surface area contributed by atoms with E-state index in [0.29, 0.717) is 6.04 Å². The van der Waals surface area contributed by atoms with Gasteiger partial charge in [-0.3, -0.25) is 0 Å². The molecule has 1 aromatic carbocycles. The number of hydrogen-bond acceptors (Lipinski definition) is 2. The number of likely N-dealkylation sites (N-methyl/N-ethyl adjacent to an activating group) is 1. The first-order valence-electron chi connectivity index (χ1n) is 6.94. The van der Waals surface area contributed by atoms with Crippen LogP contribution in [0, 0.1) is 20.8 Å². The van der Waals surface area contributed by atoms with Crippen LogP contribution in [0.1, 0.15) is 40.8 Å². The number of rotatable bonds is 5. The lowest BCUT2D eigenvalue weighted by molar-refractivity contribution is 0.545. The molecule has 1 heterocycles. The molecule has 0 aliphatic heterocycles. The standard InChI is InChI=1S/C17H23NS/c1-5-18-16(10-15-6-7-19-11-15)17-13(3)8-12(2)9-14(17)4/h6-9,11,16,18H,5,10H2,1-4H3. The van der Waals surface area contributed by atoms with Crippen LogP contribution in [-0.2, 0) is 6.42 Å². The number of hydrogen-bond donors (Lipinski definition) is 1. The summed E-state index contributed by atoms with van der Waals surface area (Å²) in [6.45, 7) is 9.81. The predicted molar refractivity (Wildman–Crippen MR) is 85.1 cm³/mol. The lowest BCUT2D eigenvalue weighted by Crippen LogP contribution is -2.24. The summed E-state index contributed by atoms with van der Waals surface area (Å²) < 4.78 is 0. The molecule has 0 saturated heterocycles. The second-order valence-corrected chi connectivity index (χ2v) is 6.04. The number of thiophene rings is 1. The third kappa shape index (κ3) is 3.46. The molecule has 1 nitrogen and oxygen atoms in total. The molecule has 102 valence electrons. The highest BCUT2D eigenvalue weighted by Crippen LogP contribution is 2.27. The van der Waals surface area contributed by atoms with Gasteiger partial charge in [-0.25, -0.2) is 0 Å². The second-order valence-electron chi connectivity index (χ2n) is 5.26. The molecule has 0 radical (unpaired) electrons. The Morgan fingerprint density at radius 3 is 2.37 bits per heavy atom. The van der Waals surface area contributed by atoms with E-state index in [4.69, 9.17) is 0 Å². The highest BCUT2D eigenvalue weighted by Gasteiger charge is 2.16. The first-order chi connectivity index (χ1) is 9.11. The largest absolute Gasteiger partial charge is 0.310 e. The van der Waals surface area contributed by atoms with Gasteiger partial charge < -0.3 is 5.32 Å². The van der Waals surface area contributed by atoms with Gasteiger partial charge in [-0.1, -0.05) is 24.6 Å². The first kappa shape index (κ1) is 14.3. The van der Waals surface area contributed by atoms with Crippen LogP contribution in [0.2, 0.25) is 0 Å². The van der Waals surface area contributed by atoms with Gasteiger partial charge in [0.15, 0.2) is 0 Å². The zero-order chi connectivity index (χ0) is 13.8. The van der Waals surface area contributed by atoms with Gasteiger partial charge in [0.2, 0.25) is 0 Å². The number of aryl methyl sites for hydroxylation is 3. The van der Waals surface area contributed by atoms with Crippen LogP contribution in [0.15, 0.2) is 29.0 Å². The molecule has 2 heteroatoms. The van der Waals surface area contributed by atoms with Gasteiger partial charge in [-0.05, 0) is 72.8 Å². The van der Waals surface area contributed by atoms with Gasteiger partial charge in [-0.2, -0.15) is 11.3 Å². The van der Waals surface area contributed by atoms with Crippen LogP contribution in [0.3, 0.4) is 0 Å². The molecule has 1 unspecified atom stereocenters. The Hall–Kier alpha value is -1.12. The Balaban J connectivity index is 2.33. The molecule has 0 aliphatic rings. The fourth-order valence-corrected chi connectivity index (χ4v) is 3.59. The normalized spacial score (nSPS) is 12.6. The topological polar surface area (TPSA) is 12.0 Å². The van der Waals surface area contributed by atoms with Crippen molar-refractivity contribution in [1.82, 2.24) is 5.32 Å². The van der Waals surface area contributed by atoms with Crippen molar-refractivity contribution < 1.29 is 0 Å². The average Bonchev–Trinajstić information content (AvgIpc) is 2.80. The van der Waals surface area contributed by atoms with Crippen LogP contribution >= 0.6 is 11.3 Å². The zero-order valence-corrected chi connectivity index (χ0v) is 13.1. The zero-order valence-electron chi connectivity index (χ0n) is 12.3. The highest BCUT2D eigenvalue weighted by atomic mass is 32.1. The average molecular weight is 273 g/mol. The number of nitrogens with one attached hydrogen (secondary N) is 1.